The second kappa shape index (κ2) is 5.62. The second-order valence-electron chi connectivity index (χ2n) is 4.41. The van der Waals surface area contributed by atoms with Crippen LogP contribution in [0.4, 0.5) is 0 Å². The van der Waals surface area contributed by atoms with Crippen molar-refractivity contribution in [2.24, 2.45) is 23.1 Å². The first-order chi connectivity index (χ1) is 7.90. The maximum absolute atomic E-state index is 11.9. The van der Waals surface area contributed by atoms with Crippen LogP contribution in [0, 0.1) is 5.92 Å². The molecule has 1 atom stereocenters. The summed E-state index contributed by atoms with van der Waals surface area (Å²) in [7, 11) is 0. The van der Waals surface area contributed by atoms with Crippen molar-refractivity contribution in [3.8, 4) is 0 Å². The number of nitrogens with two attached hydrogens (primary N) is 3. The third-order valence-corrected chi connectivity index (χ3v) is 2.61. The molecule has 0 unspecified atom stereocenters. The van der Waals surface area contributed by atoms with Crippen LogP contribution in [-0.2, 0) is 14.4 Å². The van der Waals surface area contributed by atoms with Gasteiger partial charge in [-0.1, -0.05) is 12.8 Å². The van der Waals surface area contributed by atoms with Gasteiger partial charge in [0, 0.05) is 0 Å². The lowest BCUT2D eigenvalue weighted by Crippen LogP contribution is -2.50. The van der Waals surface area contributed by atoms with E-state index >= 15 is 0 Å². The van der Waals surface area contributed by atoms with Crippen LogP contribution in [0.5, 0.6) is 0 Å². The molecule has 96 valence electrons. The fourth-order valence-corrected chi connectivity index (χ4v) is 1.64. The fraction of sp³-hybridized carbons (Fsp3) is 0.700. The van der Waals surface area contributed by atoms with E-state index in [1.165, 1.54) is 0 Å². The lowest BCUT2D eigenvalue weighted by atomic mass is 10.1. The highest BCUT2D eigenvalue weighted by molar-refractivity contribution is 5.90. The minimum atomic E-state index is -0.696. The highest BCUT2D eigenvalue weighted by Crippen LogP contribution is 2.33. The van der Waals surface area contributed by atoms with Crippen LogP contribution in [-0.4, -0.2) is 41.8 Å². The van der Waals surface area contributed by atoms with Gasteiger partial charge in [-0.2, -0.15) is 0 Å². The summed E-state index contributed by atoms with van der Waals surface area (Å²) >= 11 is 0. The van der Waals surface area contributed by atoms with E-state index in [2.05, 4.69) is 0 Å². The van der Waals surface area contributed by atoms with Gasteiger partial charge in [0.25, 0.3) is 0 Å². The Labute approximate surface area is 99.3 Å². The van der Waals surface area contributed by atoms with Crippen LogP contribution in [0.1, 0.15) is 19.3 Å². The Morgan fingerprint density at radius 3 is 1.94 bits per heavy atom. The summed E-state index contributed by atoms with van der Waals surface area (Å²) in [6, 6.07) is -0.693. The molecule has 1 aliphatic carbocycles. The molecule has 0 aromatic carbocycles. The molecule has 1 saturated carbocycles. The predicted octanol–water partition coefficient (Wildman–Crippen LogP) is -2.09. The van der Waals surface area contributed by atoms with Crippen LogP contribution in [0.15, 0.2) is 0 Å². The molecular formula is C10H18N4O3. The van der Waals surface area contributed by atoms with Gasteiger partial charge in [-0.15, -0.1) is 0 Å². The minimum Gasteiger partial charge on any atom is -0.368 e. The number of rotatable bonds is 7. The smallest absolute Gasteiger partial charge is 0.240 e. The van der Waals surface area contributed by atoms with Crippen molar-refractivity contribution in [2.45, 2.75) is 25.3 Å². The first kappa shape index (κ1) is 13.4. The summed E-state index contributed by atoms with van der Waals surface area (Å²) in [4.78, 5) is 34.5. The summed E-state index contributed by atoms with van der Waals surface area (Å²) in [5, 5.41) is 0. The zero-order valence-electron chi connectivity index (χ0n) is 9.59. The molecule has 1 rings (SSSR count). The molecule has 17 heavy (non-hydrogen) atoms. The molecule has 7 nitrogen and oxygen atoms in total. The van der Waals surface area contributed by atoms with Crippen LogP contribution < -0.4 is 17.2 Å². The van der Waals surface area contributed by atoms with E-state index in [1.807, 2.05) is 0 Å². The molecule has 0 aliphatic heterocycles. The first-order valence-corrected chi connectivity index (χ1v) is 5.51. The van der Waals surface area contributed by atoms with Crippen molar-refractivity contribution in [3.05, 3.63) is 0 Å². The Hall–Kier alpha value is -1.63. The van der Waals surface area contributed by atoms with E-state index in [1.54, 1.807) is 0 Å². The monoisotopic (exact) mass is 242 g/mol. The number of carbonyl (C=O) groups excluding carboxylic acids is 3. The summed E-state index contributed by atoms with van der Waals surface area (Å²) < 4.78 is 0. The highest BCUT2D eigenvalue weighted by Gasteiger charge is 2.30. The molecule has 3 amide bonds. The van der Waals surface area contributed by atoms with Gasteiger partial charge in [0.1, 0.15) is 0 Å². The van der Waals surface area contributed by atoms with Crippen molar-refractivity contribution in [2.75, 3.05) is 13.1 Å². The standard InChI is InChI=1S/C10H18N4O3/c11-7(3-6-1-2-6)10(17)14(4-8(12)15)5-9(13)16/h6-7H,1-5,11H2,(H2,12,15)(H2,13,16)/t7-/m0/s1. The summed E-state index contributed by atoms with van der Waals surface area (Å²) in [6.07, 6.45) is 2.73. The quantitative estimate of drug-likeness (QED) is 0.472. The Balaban J connectivity index is 2.55. The number of amides is 3. The van der Waals surface area contributed by atoms with E-state index in [4.69, 9.17) is 17.2 Å². The summed E-state index contributed by atoms with van der Waals surface area (Å²) in [5.41, 5.74) is 15.7. The van der Waals surface area contributed by atoms with Gasteiger partial charge in [0.2, 0.25) is 17.7 Å². The van der Waals surface area contributed by atoms with Crippen molar-refractivity contribution < 1.29 is 14.4 Å². The number of hydrogen-bond acceptors (Lipinski definition) is 4. The van der Waals surface area contributed by atoms with Gasteiger partial charge >= 0.3 is 0 Å². The first-order valence-electron chi connectivity index (χ1n) is 5.51. The Morgan fingerprint density at radius 2 is 1.59 bits per heavy atom. The van der Waals surface area contributed by atoms with Gasteiger partial charge in [-0.3, -0.25) is 14.4 Å². The van der Waals surface area contributed by atoms with Crippen molar-refractivity contribution in [1.82, 2.24) is 4.90 Å². The van der Waals surface area contributed by atoms with Gasteiger partial charge in [-0.05, 0) is 12.3 Å². The minimum absolute atomic E-state index is 0.333. The summed E-state index contributed by atoms with van der Waals surface area (Å²) in [5.74, 6) is -1.36. The Kier molecular flexibility index (Phi) is 4.45. The number of carbonyl (C=O) groups is 3. The van der Waals surface area contributed by atoms with Crippen molar-refractivity contribution >= 4 is 17.7 Å². The molecule has 0 spiro atoms. The summed E-state index contributed by atoms with van der Waals surface area (Å²) in [6.45, 7) is -0.666. The van der Waals surface area contributed by atoms with E-state index in [9.17, 15) is 14.4 Å². The predicted molar refractivity (Wildman–Crippen MR) is 60.3 cm³/mol. The van der Waals surface area contributed by atoms with Crippen LogP contribution in [0.3, 0.4) is 0 Å². The molecule has 0 bridgehead atoms. The average Bonchev–Trinajstić information content (AvgIpc) is 2.97. The lowest BCUT2D eigenvalue weighted by Gasteiger charge is -2.23. The van der Waals surface area contributed by atoms with Gasteiger partial charge in [-0.25, -0.2) is 0 Å². The number of nitrogens with zero attached hydrogens (tertiary/aromatic N) is 1. The zero-order chi connectivity index (χ0) is 13.0. The Bertz CT molecular complexity index is 312. The van der Waals surface area contributed by atoms with E-state index in [0.717, 1.165) is 17.7 Å². The van der Waals surface area contributed by atoms with E-state index < -0.39 is 23.8 Å². The maximum atomic E-state index is 11.9. The average molecular weight is 242 g/mol. The van der Waals surface area contributed by atoms with Gasteiger partial charge < -0.3 is 22.1 Å². The fourth-order valence-electron chi connectivity index (χ4n) is 1.64. The normalized spacial score (nSPS) is 16.3. The topological polar surface area (TPSA) is 133 Å². The van der Waals surface area contributed by atoms with Crippen LogP contribution >= 0.6 is 0 Å². The van der Waals surface area contributed by atoms with E-state index in [-0.39, 0.29) is 13.1 Å². The molecule has 0 aromatic rings. The van der Waals surface area contributed by atoms with Gasteiger partial charge in [0.15, 0.2) is 0 Å². The lowest BCUT2D eigenvalue weighted by molar-refractivity contribution is -0.139. The van der Waals surface area contributed by atoms with Crippen LogP contribution in [0.2, 0.25) is 0 Å². The molecule has 0 heterocycles. The SMILES string of the molecule is NC(=O)CN(CC(N)=O)C(=O)[C@@H](N)CC1CC1. The van der Waals surface area contributed by atoms with Crippen molar-refractivity contribution in [1.29, 1.82) is 0 Å². The second-order valence-corrected chi connectivity index (χ2v) is 4.41. The highest BCUT2D eigenvalue weighted by atomic mass is 16.2. The maximum Gasteiger partial charge on any atom is 0.240 e. The third kappa shape index (κ3) is 4.81. The molecule has 1 aliphatic rings. The molecular weight excluding hydrogens is 224 g/mol. The van der Waals surface area contributed by atoms with E-state index in [0.29, 0.717) is 12.3 Å². The number of primary amides is 2. The molecule has 0 saturated heterocycles. The molecule has 7 heteroatoms. The molecule has 0 radical (unpaired) electrons. The largest absolute Gasteiger partial charge is 0.368 e. The molecule has 6 N–H and O–H groups in total. The van der Waals surface area contributed by atoms with Crippen molar-refractivity contribution in [3.63, 3.8) is 0 Å². The van der Waals surface area contributed by atoms with Crippen LogP contribution in [0.25, 0.3) is 0 Å². The number of hydrogen-bond donors (Lipinski definition) is 3. The third-order valence-electron chi connectivity index (χ3n) is 2.61. The zero-order valence-corrected chi connectivity index (χ0v) is 9.59. The molecule has 1 fully saturated rings. The Morgan fingerprint density at radius 1 is 1.12 bits per heavy atom. The molecule has 0 aromatic heterocycles. The van der Waals surface area contributed by atoms with Gasteiger partial charge in [0.05, 0.1) is 19.1 Å².